The number of hydrogen-bond acceptors (Lipinski definition) is 6. The fourth-order valence-electron chi connectivity index (χ4n) is 4.21. The molecule has 36 heavy (non-hydrogen) atoms. The van der Waals surface area contributed by atoms with Crippen molar-refractivity contribution in [2.75, 3.05) is 13.7 Å². The van der Waals surface area contributed by atoms with Gasteiger partial charge in [-0.05, 0) is 48.9 Å². The lowest BCUT2D eigenvalue weighted by molar-refractivity contribution is 0.0834. The van der Waals surface area contributed by atoms with Gasteiger partial charge in [0.1, 0.15) is 12.5 Å². The van der Waals surface area contributed by atoms with Crippen LogP contribution < -0.4 is 4.74 Å². The van der Waals surface area contributed by atoms with Crippen LogP contribution in [0, 0.1) is 18.3 Å². The summed E-state index contributed by atoms with van der Waals surface area (Å²) in [7, 11) is 0.157. The Morgan fingerprint density at radius 1 is 1.19 bits per heavy atom. The Kier molecular flexibility index (Phi) is 6.71. The lowest BCUT2D eigenvalue weighted by Gasteiger charge is -2.17. The molecule has 4 rings (SSSR count). The zero-order chi connectivity index (χ0) is 26.2. The molecule has 0 aliphatic heterocycles. The van der Waals surface area contributed by atoms with E-state index < -0.39 is 20.0 Å². The number of aromatic nitrogens is 3. The quantitative estimate of drug-likeness (QED) is 0.198. The third-order valence-corrected chi connectivity index (χ3v) is 7.78. The first kappa shape index (κ1) is 25.2. The standard InChI is InChI=1S/C26H28N4O5Si/c1-16-12-21(34-2)22(18-8-9-29(23(16)18)26(32)33)24(31)25-28-19-13-17(14-27)6-7-20(19)30(25)15-35-10-11-36(3,4)5/h6-9,12-13H,10-11,15H2,1-5H3,(H,32,33). The second-order valence-corrected chi connectivity index (χ2v) is 15.5. The van der Waals surface area contributed by atoms with Crippen LogP contribution in [0.25, 0.3) is 21.9 Å². The molecule has 0 fully saturated rings. The smallest absolute Gasteiger partial charge is 0.416 e. The molecule has 0 amide bonds. The fourth-order valence-corrected chi connectivity index (χ4v) is 4.97. The largest absolute Gasteiger partial charge is 0.496 e. The number of ketones is 1. The van der Waals surface area contributed by atoms with Crippen molar-refractivity contribution in [1.82, 2.24) is 14.1 Å². The predicted molar refractivity (Wildman–Crippen MR) is 139 cm³/mol. The Balaban J connectivity index is 1.87. The van der Waals surface area contributed by atoms with Crippen LogP contribution in [0.5, 0.6) is 5.75 Å². The molecule has 0 radical (unpaired) electrons. The Hall–Kier alpha value is -3.94. The molecule has 0 aliphatic rings. The van der Waals surface area contributed by atoms with E-state index in [0.717, 1.165) is 10.6 Å². The summed E-state index contributed by atoms with van der Waals surface area (Å²) in [5, 5.41) is 19.4. The van der Waals surface area contributed by atoms with E-state index in [1.54, 1.807) is 41.8 Å². The van der Waals surface area contributed by atoms with E-state index >= 15 is 0 Å². The van der Waals surface area contributed by atoms with Crippen LogP contribution in [0.15, 0.2) is 36.5 Å². The van der Waals surface area contributed by atoms with Gasteiger partial charge in [0.15, 0.2) is 5.82 Å². The lowest BCUT2D eigenvalue weighted by atomic mass is 10.0. The van der Waals surface area contributed by atoms with E-state index in [1.807, 2.05) is 0 Å². The monoisotopic (exact) mass is 504 g/mol. The summed E-state index contributed by atoms with van der Waals surface area (Å²) in [5.74, 6) is 0.0206. The van der Waals surface area contributed by atoms with E-state index in [9.17, 15) is 20.0 Å². The molecule has 2 aromatic heterocycles. The summed E-state index contributed by atoms with van der Waals surface area (Å²) >= 11 is 0. The van der Waals surface area contributed by atoms with Gasteiger partial charge in [-0.3, -0.25) is 13.9 Å². The van der Waals surface area contributed by atoms with Gasteiger partial charge < -0.3 is 14.6 Å². The molecule has 0 aliphatic carbocycles. The Morgan fingerprint density at radius 3 is 2.58 bits per heavy atom. The second kappa shape index (κ2) is 9.60. The summed E-state index contributed by atoms with van der Waals surface area (Å²) in [6.45, 7) is 9.22. The maximum Gasteiger partial charge on any atom is 0.416 e. The number of ether oxygens (including phenoxy) is 2. The van der Waals surface area contributed by atoms with Crippen LogP contribution in [0.3, 0.4) is 0 Å². The number of carbonyl (C=O) groups is 2. The van der Waals surface area contributed by atoms with Crippen LogP contribution in [0.4, 0.5) is 4.79 Å². The molecule has 2 aromatic carbocycles. The SMILES string of the molecule is COc1cc(C)c2c(ccn2C(=O)O)c1C(=O)c1nc2cc(C#N)ccc2n1COCC[Si](C)(C)C. The second-order valence-electron chi connectivity index (χ2n) is 9.86. The van der Waals surface area contributed by atoms with Crippen molar-refractivity contribution in [3.8, 4) is 11.8 Å². The molecular weight excluding hydrogens is 476 g/mol. The van der Waals surface area contributed by atoms with E-state index in [2.05, 4.69) is 30.7 Å². The van der Waals surface area contributed by atoms with Gasteiger partial charge in [-0.25, -0.2) is 9.78 Å². The summed E-state index contributed by atoms with van der Waals surface area (Å²) in [4.78, 5) is 30.4. The highest BCUT2D eigenvalue weighted by Gasteiger charge is 2.27. The first-order chi connectivity index (χ1) is 17.1. The number of imidazole rings is 1. The molecule has 10 heteroatoms. The van der Waals surface area contributed by atoms with Crippen LogP contribution in [0.2, 0.25) is 25.7 Å². The summed E-state index contributed by atoms with van der Waals surface area (Å²) in [6.07, 6.45) is 0.265. The van der Waals surface area contributed by atoms with E-state index in [4.69, 9.17) is 9.47 Å². The highest BCUT2D eigenvalue weighted by Crippen LogP contribution is 2.34. The van der Waals surface area contributed by atoms with Crippen molar-refractivity contribution < 1.29 is 24.2 Å². The van der Waals surface area contributed by atoms with E-state index in [1.165, 1.54) is 13.3 Å². The fraction of sp³-hybridized carbons (Fsp3) is 0.308. The Labute approximate surface area is 209 Å². The first-order valence-corrected chi connectivity index (χ1v) is 15.2. The number of carbonyl (C=O) groups excluding carboxylic acids is 1. The minimum atomic E-state index is -1.31. The number of carboxylic acid groups (broad SMARTS) is 1. The minimum Gasteiger partial charge on any atom is -0.496 e. The average molecular weight is 505 g/mol. The zero-order valence-corrected chi connectivity index (χ0v) is 22.0. The van der Waals surface area contributed by atoms with Crippen molar-refractivity contribution in [2.45, 2.75) is 39.3 Å². The van der Waals surface area contributed by atoms with Crippen LogP contribution >= 0.6 is 0 Å². The molecule has 0 atom stereocenters. The van der Waals surface area contributed by atoms with Crippen molar-refractivity contribution in [2.24, 2.45) is 0 Å². The molecular formula is C26H28N4O5Si. The van der Waals surface area contributed by atoms with Gasteiger partial charge in [0.2, 0.25) is 5.78 Å². The van der Waals surface area contributed by atoms with Crippen molar-refractivity contribution in [3.63, 3.8) is 0 Å². The van der Waals surface area contributed by atoms with Gasteiger partial charge >= 0.3 is 6.09 Å². The maximum atomic E-state index is 14.0. The molecule has 1 N–H and O–H groups in total. The normalized spacial score (nSPS) is 11.7. The molecule has 0 spiro atoms. The molecule has 0 saturated heterocycles. The summed E-state index contributed by atoms with van der Waals surface area (Å²) < 4.78 is 14.3. The number of methoxy groups -OCH3 is 1. The third kappa shape index (κ3) is 4.63. The molecule has 2 heterocycles. The molecule has 9 nitrogen and oxygen atoms in total. The number of rotatable bonds is 8. The van der Waals surface area contributed by atoms with Gasteiger partial charge in [-0.15, -0.1) is 0 Å². The van der Waals surface area contributed by atoms with Crippen LogP contribution in [-0.4, -0.2) is 52.9 Å². The van der Waals surface area contributed by atoms with Gasteiger partial charge in [-0.1, -0.05) is 19.6 Å². The zero-order valence-electron chi connectivity index (χ0n) is 21.0. The topological polar surface area (TPSA) is 119 Å². The van der Waals surface area contributed by atoms with Gasteiger partial charge in [0, 0.05) is 26.3 Å². The number of fused-ring (bicyclic) bond motifs is 2. The highest BCUT2D eigenvalue weighted by molar-refractivity contribution is 6.76. The average Bonchev–Trinajstić information content (AvgIpc) is 3.42. The molecule has 186 valence electrons. The number of benzene rings is 2. The minimum absolute atomic E-state index is 0.113. The van der Waals surface area contributed by atoms with E-state index in [-0.39, 0.29) is 18.1 Å². The molecule has 0 bridgehead atoms. The predicted octanol–water partition coefficient (Wildman–Crippen LogP) is 5.25. The van der Waals surface area contributed by atoms with Crippen molar-refractivity contribution in [1.29, 1.82) is 5.26 Å². The molecule has 4 aromatic rings. The lowest BCUT2D eigenvalue weighted by Crippen LogP contribution is -2.22. The van der Waals surface area contributed by atoms with Crippen LogP contribution in [0.1, 0.15) is 27.3 Å². The number of aryl methyl sites for hydroxylation is 1. The van der Waals surface area contributed by atoms with Gasteiger partial charge in [0.25, 0.3) is 0 Å². The van der Waals surface area contributed by atoms with E-state index in [0.29, 0.717) is 45.4 Å². The maximum absolute atomic E-state index is 14.0. The van der Waals surface area contributed by atoms with Gasteiger partial charge in [0.05, 0.1) is 40.9 Å². The molecule has 0 saturated carbocycles. The Morgan fingerprint density at radius 2 is 1.94 bits per heavy atom. The van der Waals surface area contributed by atoms with Crippen molar-refractivity contribution >= 4 is 41.9 Å². The number of hydrogen-bond donors (Lipinski definition) is 1. The molecule has 0 unspecified atom stereocenters. The highest BCUT2D eigenvalue weighted by atomic mass is 28.3. The third-order valence-electron chi connectivity index (χ3n) is 6.07. The summed E-state index contributed by atoms with van der Waals surface area (Å²) in [6, 6.07) is 11.4. The Bertz CT molecular complexity index is 1540. The van der Waals surface area contributed by atoms with Crippen LogP contribution in [-0.2, 0) is 11.5 Å². The summed E-state index contributed by atoms with van der Waals surface area (Å²) in [5.41, 5.74) is 2.88. The number of nitrogens with zero attached hydrogens (tertiary/aromatic N) is 4. The van der Waals surface area contributed by atoms with Crippen molar-refractivity contribution in [3.05, 3.63) is 59.0 Å². The number of nitriles is 1. The van der Waals surface area contributed by atoms with Gasteiger partial charge in [-0.2, -0.15) is 5.26 Å². The first-order valence-electron chi connectivity index (χ1n) is 11.5.